The maximum Gasteiger partial charge on any atom is 0.277 e. The van der Waals surface area contributed by atoms with E-state index < -0.39 is 0 Å². The molecule has 21 heavy (non-hydrogen) atoms. The molecule has 1 saturated heterocycles. The van der Waals surface area contributed by atoms with E-state index in [0.29, 0.717) is 43.2 Å². The van der Waals surface area contributed by atoms with Crippen molar-refractivity contribution in [1.29, 1.82) is 0 Å². The summed E-state index contributed by atoms with van der Waals surface area (Å²) < 4.78 is 10.9. The first-order valence-corrected chi connectivity index (χ1v) is 8.63. The Hall–Kier alpha value is -1.08. The molecule has 0 unspecified atom stereocenters. The molecule has 2 aliphatic rings. The predicted octanol–water partition coefficient (Wildman–Crippen LogP) is 2.07. The van der Waals surface area contributed by atoms with Crippen LogP contribution < -0.4 is 0 Å². The normalized spacial score (nSPS) is 20.7. The predicted molar refractivity (Wildman–Crippen MR) is 78.2 cm³/mol. The summed E-state index contributed by atoms with van der Waals surface area (Å²) in [6, 6.07) is 0. The van der Waals surface area contributed by atoms with Crippen molar-refractivity contribution in [3.05, 3.63) is 5.89 Å². The molecule has 1 aliphatic heterocycles. The molecule has 0 atom stereocenters. The lowest BCUT2D eigenvalue weighted by Gasteiger charge is -2.26. The molecule has 116 valence electrons. The summed E-state index contributed by atoms with van der Waals surface area (Å²) in [5.41, 5.74) is 0. The highest BCUT2D eigenvalue weighted by Gasteiger charge is 2.22. The average molecular weight is 311 g/mol. The van der Waals surface area contributed by atoms with Crippen LogP contribution in [-0.2, 0) is 9.53 Å². The first-order chi connectivity index (χ1) is 10.3. The Morgan fingerprint density at radius 1 is 1.19 bits per heavy atom. The highest BCUT2D eigenvalue weighted by Crippen LogP contribution is 2.32. The first kappa shape index (κ1) is 14.8. The van der Waals surface area contributed by atoms with Crippen LogP contribution in [0.3, 0.4) is 0 Å². The number of carbonyl (C=O) groups excluding carboxylic acids is 1. The summed E-state index contributed by atoms with van der Waals surface area (Å²) in [6.07, 6.45) is 6.06. The van der Waals surface area contributed by atoms with Gasteiger partial charge in [-0.05, 0) is 12.8 Å². The lowest BCUT2D eigenvalue weighted by atomic mass is 9.89. The first-order valence-electron chi connectivity index (χ1n) is 7.64. The minimum atomic E-state index is 0.112. The van der Waals surface area contributed by atoms with Crippen molar-refractivity contribution in [2.45, 2.75) is 43.2 Å². The van der Waals surface area contributed by atoms with Gasteiger partial charge in [0.15, 0.2) is 0 Å². The Kier molecular flexibility index (Phi) is 5.13. The molecule has 1 aromatic rings. The lowest BCUT2D eigenvalue weighted by molar-refractivity contribution is -0.132. The summed E-state index contributed by atoms with van der Waals surface area (Å²) in [5.74, 6) is 1.62. The Labute approximate surface area is 128 Å². The van der Waals surface area contributed by atoms with E-state index in [0.717, 1.165) is 18.7 Å². The van der Waals surface area contributed by atoms with Gasteiger partial charge in [0.25, 0.3) is 5.22 Å². The molecule has 0 radical (unpaired) electrons. The molecule has 1 amide bonds. The van der Waals surface area contributed by atoms with Crippen molar-refractivity contribution in [1.82, 2.24) is 15.1 Å². The maximum atomic E-state index is 12.0. The van der Waals surface area contributed by atoms with E-state index in [1.807, 2.05) is 4.90 Å². The zero-order valence-electron chi connectivity index (χ0n) is 12.1. The van der Waals surface area contributed by atoms with E-state index in [1.54, 1.807) is 0 Å². The summed E-state index contributed by atoms with van der Waals surface area (Å²) in [6.45, 7) is 2.61. The standard InChI is InChI=1S/C14H21N3O3S/c18-12(17-6-8-19-9-7-17)10-21-14-16-15-13(20-14)11-4-2-1-3-5-11/h11H,1-10H2. The molecule has 7 heteroatoms. The van der Waals surface area contributed by atoms with Crippen LogP contribution in [0.2, 0.25) is 0 Å². The van der Waals surface area contributed by atoms with Gasteiger partial charge in [-0.25, -0.2) is 0 Å². The van der Waals surface area contributed by atoms with Crippen LogP contribution in [0.5, 0.6) is 0 Å². The van der Waals surface area contributed by atoms with Gasteiger partial charge in [0.1, 0.15) is 0 Å². The van der Waals surface area contributed by atoms with Gasteiger partial charge in [0.2, 0.25) is 11.8 Å². The molecular formula is C14H21N3O3S. The van der Waals surface area contributed by atoms with Gasteiger partial charge in [-0.15, -0.1) is 10.2 Å². The number of amides is 1. The van der Waals surface area contributed by atoms with Crippen molar-refractivity contribution in [3.8, 4) is 0 Å². The quantitative estimate of drug-likeness (QED) is 0.793. The van der Waals surface area contributed by atoms with Crippen LogP contribution in [0.1, 0.15) is 43.9 Å². The summed E-state index contributed by atoms with van der Waals surface area (Å²) in [4.78, 5) is 13.9. The molecule has 0 N–H and O–H groups in total. The van der Waals surface area contributed by atoms with Gasteiger partial charge in [-0.1, -0.05) is 31.0 Å². The van der Waals surface area contributed by atoms with Crippen LogP contribution in [0.4, 0.5) is 0 Å². The SMILES string of the molecule is O=C(CSc1nnc(C2CCCCC2)o1)N1CCOCC1. The van der Waals surface area contributed by atoms with Crippen LogP contribution in [0.15, 0.2) is 9.64 Å². The average Bonchev–Trinajstić information content (AvgIpc) is 3.03. The zero-order chi connectivity index (χ0) is 14.5. The van der Waals surface area contributed by atoms with Gasteiger partial charge >= 0.3 is 0 Å². The number of carbonyl (C=O) groups is 1. The summed E-state index contributed by atoms with van der Waals surface area (Å²) in [5, 5.41) is 8.72. The molecule has 0 spiro atoms. The lowest BCUT2D eigenvalue weighted by Crippen LogP contribution is -2.41. The van der Waals surface area contributed by atoms with E-state index in [9.17, 15) is 4.79 Å². The van der Waals surface area contributed by atoms with E-state index in [2.05, 4.69) is 10.2 Å². The van der Waals surface area contributed by atoms with E-state index in [-0.39, 0.29) is 5.91 Å². The second-order valence-corrected chi connectivity index (χ2v) is 6.45. The minimum Gasteiger partial charge on any atom is -0.416 e. The summed E-state index contributed by atoms with van der Waals surface area (Å²) in [7, 11) is 0. The van der Waals surface area contributed by atoms with Gasteiger partial charge < -0.3 is 14.1 Å². The second-order valence-electron chi connectivity index (χ2n) is 5.52. The molecule has 1 saturated carbocycles. The largest absolute Gasteiger partial charge is 0.416 e. The number of hydrogen-bond acceptors (Lipinski definition) is 6. The number of rotatable bonds is 4. The third-order valence-electron chi connectivity index (χ3n) is 4.06. The van der Waals surface area contributed by atoms with Gasteiger partial charge in [0, 0.05) is 19.0 Å². The van der Waals surface area contributed by atoms with Crippen LogP contribution in [0, 0.1) is 0 Å². The molecule has 1 aromatic heterocycles. The Morgan fingerprint density at radius 2 is 1.95 bits per heavy atom. The molecule has 2 heterocycles. The number of ether oxygens (including phenoxy) is 1. The zero-order valence-corrected chi connectivity index (χ0v) is 12.9. The molecule has 1 aliphatic carbocycles. The minimum absolute atomic E-state index is 0.112. The molecule has 3 rings (SSSR count). The number of nitrogens with zero attached hydrogens (tertiary/aromatic N) is 3. The molecule has 6 nitrogen and oxygen atoms in total. The topological polar surface area (TPSA) is 68.5 Å². The van der Waals surface area contributed by atoms with E-state index >= 15 is 0 Å². The van der Waals surface area contributed by atoms with Crippen molar-refractivity contribution < 1.29 is 13.9 Å². The van der Waals surface area contributed by atoms with Crippen molar-refractivity contribution in [3.63, 3.8) is 0 Å². The number of morpholine rings is 1. The third-order valence-corrected chi connectivity index (χ3v) is 4.86. The molecule has 2 fully saturated rings. The van der Waals surface area contributed by atoms with E-state index in [1.165, 1.54) is 31.0 Å². The molecule has 0 bridgehead atoms. The van der Waals surface area contributed by atoms with Gasteiger partial charge in [0.05, 0.1) is 19.0 Å². The number of aromatic nitrogens is 2. The van der Waals surface area contributed by atoms with Crippen molar-refractivity contribution in [2.75, 3.05) is 32.1 Å². The van der Waals surface area contributed by atoms with E-state index in [4.69, 9.17) is 9.15 Å². The molecular weight excluding hydrogens is 290 g/mol. The Balaban J connectivity index is 1.48. The maximum absolute atomic E-state index is 12.0. The van der Waals surface area contributed by atoms with Crippen molar-refractivity contribution in [2.24, 2.45) is 0 Å². The van der Waals surface area contributed by atoms with Gasteiger partial charge in [-0.3, -0.25) is 4.79 Å². The van der Waals surface area contributed by atoms with Crippen LogP contribution in [0.25, 0.3) is 0 Å². The summed E-state index contributed by atoms with van der Waals surface area (Å²) >= 11 is 1.33. The van der Waals surface area contributed by atoms with Crippen LogP contribution >= 0.6 is 11.8 Å². The number of hydrogen-bond donors (Lipinski definition) is 0. The number of thioether (sulfide) groups is 1. The fraction of sp³-hybridized carbons (Fsp3) is 0.786. The fourth-order valence-electron chi connectivity index (χ4n) is 2.82. The molecule has 0 aromatic carbocycles. The third kappa shape index (κ3) is 3.97. The van der Waals surface area contributed by atoms with Crippen LogP contribution in [-0.4, -0.2) is 53.1 Å². The monoisotopic (exact) mass is 311 g/mol. The highest BCUT2D eigenvalue weighted by atomic mass is 32.2. The smallest absolute Gasteiger partial charge is 0.277 e. The second kappa shape index (κ2) is 7.26. The van der Waals surface area contributed by atoms with Crippen molar-refractivity contribution >= 4 is 17.7 Å². The Morgan fingerprint density at radius 3 is 2.71 bits per heavy atom. The Bertz CT molecular complexity index is 468. The highest BCUT2D eigenvalue weighted by molar-refractivity contribution is 7.99. The van der Waals surface area contributed by atoms with Gasteiger partial charge in [-0.2, -0.15) is 0 Å². The fourth-order valence-corrected chi connectivity index (χ4v) is 3.49.